The smallest absolute Gasteiger partial charge is 0.322 e. The largest absolute Gasteiger partial charge is 0.497 e. The summed E-state index contributed by atoms with van der Waals surface area (Å²) in [6.07, 6.45) is 0.987. The molecule has 0 atom stereocenters. The molecule has 0 unspecified atom stereocenters. The summed E-state index contributed by atoms with van der Waals surface area (Å²) in [5, 5.41) is 2.90. The summed E-state index contributed by atoms with van der Waals surface area (Å²) < 4.78 is 38.1. The van der Waals surface area contributed by atoms with Crippen molar-refractivity contribution >= 4 is 21.8 Å². The minimum absolute atomic E-state index is 0.212. The second-order valence-corrected chi connectivity index (χ2v) is 8.88. The number of nitrogens with one attached hydrogen (secondary N) is 1. The van der Waals surface area contributed by atoms with Gasteiger partial charge in [-0.15, -0.1) is 0 Å². The normalized spacial score (nSPS) is 10.9. The van der Waals surface area contributed by atoms with Gasteiger partial charge in [-0.05, 0) is 23.3 Å². The number of anilines is 1. The lowest BCUT2D eigenvalue weighted by atomic mass is 10.1. The number of urea groups is 1. The van der Waals surface area contributed by atoms with E-state index in [0.717, 1.165) is 17.4 Å². The van der Waals surface area contributed by atoms with Gasteiger partial charge in [0.05, 0.1) is 20.5 Å². The Bertz CT molecular complexity index is 1160. The number of amides is 2. The molecular weight excluding hydrogens is 444 g/mol. The third kappa shape index (κ3) is 7.43. The summed E-state index contributed by atoms with van der Waals surface area (Å²) in [6, 6.07) is 21.0. The first-order valence-electron chi connectivity index (χ1n) is 10.1. The van der Waals surface area contributed by atoms with Gasteiger partial charge in [0.25, 0.3) is 0 Å². The molecule has 0 fully saturated rings. The minimum Gasteiger partial charge on any atom is -0.497 e. The summed E-state index contributed by atoms with van der Waals surface area (Å²) in [5.41, 5.74) is 2.31. The molecule has 0 aliphatic rings. The number of benzene rings is 3. The average Bonchev–Trinajstić information content (AvgIpc) is 2.79. The van der Waals surface area contributed by atoms with Gasteiger partial charge in [-0.1, -0.05) is 42.5 Å². The molecule has 0 bridgehead atoms. The lowest BCUT2D eigenvalue weighted by Gasteiger charge is -2.24. The van der Waals surface area contributed by atoms with Crippen molar-refractivity contribution in [2.24, 2.45) is 0 Å². The molecule has 0 aliphatic heterocycles. The number of carbonyl (C=O) groups is 1. The molecule has 9 heteroatoms. The number of hydrogen-bond acceptors (Lipinski definition) is 6. The maximum Gasteiger partial charge on any atom is 0.322 e. The van der Waals surface area contributed by atoms with Gasteiger partial charge in [0.15, 0.2) is 0 Å². The molecule has 3 rings (SSSR count). The number of nitrogens with zero attached hydrogens (tertiary/aromatic N) is 1. The zero-order valence-electron chi connectivity index (χ0n) is 18.6. The van der Waals surface area contributed by atoms with Gasteiger partial charge in [0.2, 0.25) is 0 Å². The van der Waals surface area contributed by atoms with Crippen molar-refractivity contribution in [1.29, 1.82) is 0 Å². The van der Waals surface area contributed by atoms with E-state index in [-0.39, 0.29) is 11.8 Å². The Labute approximate surface area is 193 Å². The first-order valence-corrected chi connectivity index (χ1v) is 11.9. The van der Waals surface area contributed by atoms with E-state index in [2.05, 4.69) is 5.32 Å². The van der Waals surface area contributed by atoms with Crippen molar-refractivity contribution in [3.8, 4) is 17.2 Å². The van der Waals surface area contributed by atoms with E-state index in [1.807, 2.05) is 30.3 Å². The number of ether oxygens (including phenoxy) is 2. The molecule has 8 nitrogen and oxygen atoms in total. The highest BCUT2D eigenvalue weighted by molar-refractivity contribution is 7.86. The Hall–Kier alpha value is -3.72. The van der Waals surface area contributed by atoms with Crippen molar-refractivity contribution in [3.63, 3.8) is 0 Å². The van der Waals surface area contributed by atoms with E-state index in [1.54, 1.807) is 61.6 Å². The van der Waals surface area contributed by atoms with E-state index in [4.69, 9.17) is 13.7 Å². The highest BCUT2D eigenvalue weighted by Gasteiger charge is 2.16. The quantitative estimate of drug-likeness (QED) is 0.469. The molecule has 0 aromatic heterocycles. The molecular formula is C24H26N2O6S. The molecule has 3 aromatic rings. The van der Waals surface area contributed by atoms with Crippen LogP contribution >= 0.6 is 0 Å². The minimum atomic E-state index is -3.61. The van der Waals surface area contributed by atoms with Gasteiger partial charge >= 0.3 is 16.1 Å². The van der Waals surface area contributed by atoms with Crippen molar-refractivity contribution in [1.82, 2.24) is 4.90 Å². The second-order valence-electron chi connectivity index (χ2n) is 7.30. The molecule has 0 saturated carbocycles. The van der Waals surface area contributed by atoms with E-state index in [0.29, 0.717) is 30.3 Å². The van der Waals surface area contributed by atoms with Crippen LogP contribution in [0.15, 0.2) is 72.8 Å². The Kier molecular flexibility index (Phi) is 7.78. The third-order valence-corrected chi connectivity index (χ3v) is 5.15. The Balaban J connectivity index is 1.81. The Morgan fingerprint density at radius 3 is 1.88 bits per heavy atom. The molecule has 0 saturated heterocycles. The van der Waals surface area contributed by atoms with Crippen LogP contribution < -0.4 is 19.0 Å². The monoisotopic (exact) mass is 470 g/mol. The predicted molar refractivity (Wildman–Crippen MR) is 126 cm³/mol. The predicted octanol–water partition coefficient (Wildman–Crippen LogP) is 4.28. The standard InChI is InChI=1S/C24H26N2O6S/c1-30-22-13-20(14-23(15-22)31-2)25-24(27)26(16-18-7-5-4-6-8-18)17-19-9-11-21(12-10-19)32-33(3,28)29/h4-15H,16-17H2,1-3H3,(H,25,27). The second kappa shape index (κ2) is 10.7. The van der Waals surface area contributed by atoms with Gasteiger partial charge in [-0.3, -0.25) is 0 Å². The van der Waals surface area contributed by atoms with Gasteiger partial charge in [-0.2, -0.15) is 8.42 Å². The van der Waals surface area contributed by atoms with Crippen LogP contribution in [-0.2, 0) is 23.2 Å². The molecule has 174 valence electrons. The molecule has 0 aliphatic carbocycles. The average molecular weight is 471 g/mol. The summed E-state index contributed by atoms with van der Waals surface area (Å²) in [5.74, 6) is 1.32. The first kappa shape index (κ1) is 23.9. The van der Waals surface area contributed by atoms with Crippen LogP contribution in [0.4, 0.5) is 10.5 Å². The number of carbonyl (C=O) groups excluding carboxylic acids is 1. The first-order chi connectivity index (χ1) is 15.8. The van der Waals surface area contributed by atoms with Crippen LogP contribution in [0.1, 0.15) is 11.1 Å². The van der Waals surface area contributed by atoms with Crippen LogP contribution in [0.3, 0.4) is 0 Å². The summed E-state index contributed by atoms with van der Waals surface area (Å²) in [4.78, 5) is 14.9. The lowest BCUT2D eigenvalue weighted by Crippen LogP contribution is -2.34. The Morgan fingerprint density at radius 1 is 0.818 bits per heavy atom. The number of methoxy groups -OCH3 is 2. The van der Waals surface area contributed by atoms with Gasteiger partial charge < -0.3 is 23.9 Å². The molecule has 1 N–H and O–H groups in total. The zero-order chi connectivity index (χ0) is 23.8. The summed E-state index contributed by atoms with van der Waals surface area (Å²) >= 11 is 0. The fraction of sp³-hybridized carbons (Fsp3) is 0.208. The summed E-state index contributed by atoms with van der Waals surface area (Å²) in [6.45, 7) is 0.663. The molecule has 2 amide bonds. The SMILES string of the molecule is COc1cc(NC(=O)N(Cc2ccccc2)Cc2ccc(OS(C)(=O)=O)cc2)cc(OC)c1. The highest BCUT2D eigenvalue weighted by Crippen LogP contribution is 2.26. The van der Waals surface area contributed by atoms with Crippen LogP contribution in [0.5, 0.6) is 17.2 Å². The van der Waals surface area contributed by atoms with Gasteiger partial charge in [0.1, 0.15) is 17.2 Å². The number of rotatable bonds is 9. The highest BCUT2D eigenvalue weighted by atomic mass is 32.2. The maximum atomic E-state index is 13.2. The molecule has 3 aromatic carbocycles. The molecule has 33 heavy (non-hydrogen) atoms. The van der Waals surface area contributed by atoms with Crippen molar-refractivity contribution < 1.29 is 26.9 Å². The summed E-state index contributed by atoms with van der Waals surface area (Å²) in [7, 11) is -0.527. The lowest BCUT2D eigenvalue weighted by molar-refractivity contribution is 0.206. The van der Waals surface area contributed by atoms with Gasteiger partial charge in [-0.25, -0.2) is 4.79 Å². The van der Waals surface area contributed by atoms with E-state index >= 15 is 0 Å². The van der Waals surface area contributed by atoms with Crippen LogP contribution in [0, 0.1) is 0 Å². The fourth-order valence-corrected chi connectivity index (χ4v) is 3.59. The van der Waals surface area contributed by atoms with Crippen molar-refractivity contribution in [2.45, 2.75) is 13.1 Å². The molecule has 0 spiro atoms. The van der Waals surface area contributed by atoms with Crippen molar-refractivity contribution in [2.75, 3.05) is 25.8 Å². The van der Waals surface area contributed by atoms with E-state index in [9.17, 15) is 13.2 Å². The molecule has 0 heterocycles. The topological polar surface area (TPSA) is 94.2 Å². The maximum absolute atomic E-state index is 13.2. The Morgan fingerprint density at radius 2 is 1.36 bits per heavy atom. The van der Waals surface area contributed by atoms with E-state index in [1.165, 1.54) is 0 Å². The van der Waals surface area contributed by atoms with Crippen LogP contribution in [0.2, 0.25) is 0 Å². The third-order valence-electron chi connectivity index (χ3n) is 4.65. The molecule has 0 radical (unpaired) electrons. The van der Waals surface area contributed by atoms with Gasteiger partial charge in [0, 0.05) is 37.0 Å². The van der Waals surface area contributed by atoms with E-state index < -0.39 is 10.1 Å². The van der Waals surface area contributed by atoms with Crippen molar-refractivity contribution in [3.05, 3.63) is 83.9 Å². The van der Waals surface area contributed by atoms with Crippen LogP contribution in [-0.4, -0.2) is 39.8 Å². The number of hydrogen-bond donors (Lipinski definition) is 1. The zero-order valence-corrected chi connectivity index (χ0v) is 19.5. The fourth-order valence-electron chi connectivity index (χ4n) is 3.13. The van der Waals surface area contributed by atoms with Crippen LogP contribution in [0.25, 0.3) is 0 Å².